The van der Waals surface area contributed by atoms with E-state index in [1.807, 2.05) is 12.1 Å². The zero-order valence-corrected chi connectivity index (χ0v) is 14.0. The largest absolute Gasteiger partial charge is 0.376 e. The predicted octanol–water partition coefficient (Wildman–Crippen LogP) is 4.98. The van der Waals surface area contributed by atoms with Gasteiger partial charge in [-0.1, -0.05) is 49.9 Å². The van der Waals surface area contributed by atoms with Crippen LogP contribution in [0, 0.1) is 5.92 Å². The number of likely N-dealkylation sites (N-methyl/N-ethyl adjacent to an activating group) is 1. The number of halogens is 1. The second kappa shape index (κ2) is 8.77. The molecule has 1 saturated carbocycles. The van der Waals surface area contributed by atoms with E-state index in [2.05, 4.69) is 31.3 Å². The summed E-state index contributed by atoms with van der Waals surface area (Å²) in [6.45, 7) is 5.98. The number of benzene rings is 1. The molecule has 1 N–H and O–H groups in total. The maximum Gasteiger partial charge on any atom is 0.0797 e. The molecule has 0 spiro atoms. The van der Waals surface area contributed by atoms with Crippen LogP contribution in [-0.4, -0.2) is 19.3 Å². The monoisotopic (exact) mass is 309 g/mol. The first-order chi connectivity index (χ1) is 10.3. The molecule has 1 aliphatic carbocycles. The van der Waals surface area contributed by atoms with Gasteiger partial charge in [0.1, 0.15) is 0 Å². The molecule has 21 heavy (non-hydrogen) atoms. The summed E-state index contributed by atoms with van der Waals surface area (Å²) in [5.41, 5.74) is 1.28. The first-order valence-corrected chi connectivity index (χ1v) is 8.74. The Morgan fingerprint density at radius 3 is 2.38 bits per heavy atom. The van der Waals surface area contributed by atoms with E-state index in [0.29, 0.717) is 5.92 Å². The van der Waals surface area contributed by atoms with Crippen LogP contribution in [0.5, 0.6) is 0 Å². The van der Waals surface area contributed by atoms with E-state index in [0.717, 1.165) is 18.2 Å². The normalized spacial score (nSPS) is 19.4. The van der Waals surface area contributed by atoms with Crippen molar-refractivity contribution >= 4 is 11.6 Å². The first-order valence-electron chi connectivity index (χ1n) is 8.36. The number of hydrogen-bond donors (Lipinski definition) is 1. The molecule has 0 saturated heterocycles. The number of nitrogens with one attached hydrogen (secondary N) is 1. The lowest BCUT2D eigenvalue weighted by Gasteiger charge is -2.36. The zero-order chi connectivity index (χ0) is 15.1. The van der Waals surface area contributed by atoms with E-state index in [4.69, 9.17) is 16.3 Å². The number of rotatable bonds is 7. The summed E-state index contributed by atoms with van der Waals surface area (Å²) in [5, 5.41) is 4.42. The maximum absolute atomic E-state index is 6.19. The third-order valence-corrected chi connectivity index (χ3v) is 4.71. The Bertz CT molecular complexity index is 400. The fourth-order valence-electron chi connectivity index (χ4n) is 3.47. The quantitative estimate of drug-likeness (QED) is 0.767. The Hall–Kier alpha value is -0.570. The van der Waals surface area contributed by atoms with Crippen molar-refractivity contribution < 1.29 is 4.74 Å². The van der Waals surface area contributed by atoms with Crippen molar-refractivity contribution in [3.63, 3.8) is 0 Å². The highest BCUT2D eigenvalue weighted by molar-refractivity contribution is 6.30. The number of hydrogen-bond acceptors (Lipinski definition) is 2. The highest BCUT2D eigenvalue weighted by atomic mass is 35.5. The molecule has 1 aromatic carbocycles. The summed E-state index contributed by atoms with van der Waals surface area (Å²) >= 11 is 6.03. The van der Waals surface area contributed by atoms with Gasteiger partial charge in [-0.15, -0.1) is 0 Å². The molecule has 0 aliphatic heterocycles. The van der Waals surface area contributed by atoms with Crippen molar-refractivity contribution in [2.24, 2.45) is 5.92 Å². The van der Waals surface area contributed by atoms with E-state index in [-0.39, 0.29) is 12.1 Å². The van der Waals surface area contributed by atoms with Crippen molar-refractivity contribution in [1.82, 2.24) is 5.32 Å². The van der Waals surface area contributed by atoms with E-state index >= 15 is 0 Å². The molecule has 1 aliphatic rings. The third-order valence-electron chi connectivity index (χ3n) is 4.46. The van der Waals surface area contributed by atoms with Crippen LogP contribution in [0.1, 0.15) is 57.6 Å². The van der Waals surface area contributed by atoms with E-state index in [9.17, 15) is 0 Å². The SMILES string of the molecule is CCNC(c1ccc(Cl)cc1)C(OCC)C1CCCCC1. The summed E-state index contributed by atoms with van der Waals surface area (Å²) in [4.78, 5) is 0. The van der Waals surface area contributed by atoms with Crippen molar-refractivity contribution in [2.45, 2.75) is 58.1 Å². The van der Waals surface area contributed by atoms with E-state index < -0.39 is 0 Å². The van der Waals surface area contributed by atoms with Crippen LogP contribution in [0.4, 0.5) is 0 Å². The standard InChI is InChI=1S/C18H28ClNO/c1-3-20-17(14-10-12-16(19)13-11-14)18(21-4-2)15-8-6-5-7-9-15/h10-13,15,17-18,20H,3-9H2,1-2H3. The predicted molar refractivity (Wildman–Crippen MR) is 89.9 cm³/mol. The van der Waals surface area contributed by atoms with Gasteiger partial charge in [-0.2, -0.15) is 0 Å². The Kier molecular flexibility index (Phi) is 7.01. The molecule has 0 bridgehead atoms. The zero-order valence-electron chi connectivity index (χ0n) is 13.3. The van der Waals surface area contributed by atoms with Crippen molar-refractivity contribution in [2.75, 3.05) is 13.2 Å². The van der Waals surface area contributed by atoms with Gasteiger partial charge in [-0.25, -0.2) is 0 Å². The molecule has 0 aromatic heterocycles. The topological polar surface area (TPSA) is 21.3 Å². The lowest BCUT2D eigenvalue weighted by Crippen LogP contribution is -2.39. The molecule has 0 radical (unpaired) electrons. The first kappa shape index (κ1) is 16.8. The molecule has 2 rings (SSSR count). The minimum Gasteiger partial charge on any atom is -0.376 e. The molecule has 2 nitrogen and oxygen atoms in total. The van der Waals surface area contributed by atoms with Gasteiger partial charge >= 0.3 is 0 Å². The summed E-state index contributed by atoms with van der Waals surface area (Å²) in [6.07, 6.45) is 6.90. The minimum atomic E-state index is 0.260. The second-order valence-corrected chi connectivity index (χ2v) is 6.34. The van der Waals surface area contributed by atoms with Crippen LogP contribution in [-0.2, 0) is 4.74 Å². The number of ether oxygens (including phenoxy) is 1. The smallest absolute Gasteiger partial charge is 0.0797 e. The average Bonchev–Trinajstić information content (AvgIpc) is 2.53. The molecule has 2 atom stereocenters. The van der Waals surface area contributed by atoms with Crippen LogP contribution < -0.4 is 5.32 Å². The van der Waals surface area contributed by atoms with Crippen LogP contribution in [0.15, 0.2) is 24.3 Å². The van der Waals surface area contributed by atoms with Crippen LogP contribution in [0.25, 0.3) is 0 Å². The Balaban J connectivity index is 2.20. The van der Waals surface area contributed by atoms with Crippen LogP contribution >= 0.6 is 11.6 Å². The highest BCUT2D eigenvalue weighted by Gasteiger charge is 2.31. The Morgan fingerprint density at radius 1 is 1.14 bits per heavy atom. The molecule has 0 amide bonds. The highest BCUT2D eigenvalue weighted by Crippen LogP contribution is 2.34. The van der Waals surface area contributed by atoms with E-state index in [1.165, 1.54) is 37.7 Å². The fraction of sp³-hybridized carbons (Fsp3) is 0.667. The fourth-order valence-corrected chi connectivity index (χ4v) is 3.60. The van der Waals surface area contributed by atoms with Crippen molar-refractivity contribution in [1.29, 1.82) is 0 Å². The molecule has 1 aromatic rings. The van der Waals surface area contributed by atoms with Gasteiger partial charge in [-0.3, -0.25) is 0 Å². The maximum atomic E-state index is 6.19. The Morgan fingerprint density at radius 2 is 1.81 bits per heavy atom. The summed E-state index contributed by atoms with van der Waals surface area (Å²) < 4.78 is 6.19. The van der Waals surface area contributed by atoms with Gasteiger partial charge in [0.05, 0.1) is 12.1 Å². The lowest BCUT2D eigenvalue weighted by atomic mass is 9.81. The summed E-state index contributed by atoms with van der Waals surface area (Å²) in [5.74, 6) is 0.665. The molecule has 118 valence electrons. The second-order valence-electron chi connectivity index (χ2n) is 5.90. The molecule has 0 heterocycles. The molecular weight excluding hydrogens is 282 g/mol. The van der Waals surface area contributed by atoms with Crippen LogP contribution in [0.3, 0.4) is 0 Å². The van der Waals surface area contributed by atoms with Crippen LogP contribution in [0.2, 0.25) is 5.02 Å². The molecule has 1 fully saturated rings. The third kappa shape index (κ3) is 4.70. The molecular formula is C18H28ClNO. The Labute approximate surface area is 134 Å². The van der Waals surface area contributed by atoms with Gasteiger partial charge in [0.15, 0.2) is 0 Å². The van der Waals surface area contributed by atoms with Gasteiger partial charge in [0, 0.05) is 11.6 Å². The van der Waals surface area contributed by atoms with Gasteiger partial charge in [0.2, 0.25) is 0 Å². The molecule has 2 unspecified atom stereocenters. The van der Waals surface area contributed by atoms with Gasteiger partial charge in [-0.05, 0) is 49.9 Å². The van der Waals surface area contributed by atoms with Gasteiger partial charge < -0.3 is 10.1 Å². The summed E-state index contributed by atoms with van der Waals surface area (Å²) in [6, 6.07) is 8.47. The lowest BCUT2D eigenvalue weighted by molar-refractivity contribution is -0.0180. The molecule has 3 heteroatoms. The summed E-state index contributed by atoms with van der Waals surface area (Å²) in [7, 11) is 0. The van der Waals surface area contributed by atoms with Gasteiger partial charge in [0.25, 0.3) is 0 Å². The van der Waals surface area contributed by atoms with Crippen molar-refractivity contribution in [3.8, 4) is 0 Å². The minimum absolute atomic E-state index is 0.260. The average molecular weight is 310 g/mol. The van der Waals surface area contributed by atoms with Crippen molar-refractivity contribution in [3.05, 3.63) is 34.9 Å². The van der Waals surface area contributed by atoms with E-state index in [1.54, 1.807) is 0 Å².